The molecular weight excluding hydrogens is 516 g/mol. The van der Waals surface area contributed by atoms with Crippen molar-refractivity contribution in [2.75, 3.05) is 6.61 Å². The smallest absolute Gasteiger partial charge is 0.390 e. The molecule has 16 nitrogen and oxygen atoms in total. The van der Waals surface area contributed by atoms with Crippen LogP contribution < -0.4 is 11.1 Å². The maximum Gasteiger partial charge on any atom is 0.483 e. The van der Waals surface area contributed by atoms with Crippen LogP contribution in [-0.2, 0) is 36.8 Å². The van der Waals surface area contributed by atoms with Crippen LogP contribution in [0.25, 0.3) is 0 Å². The normalized spacial score (nSPS) is 39.5. The van der Waals surface area contributed by atoms with Crippen LogP contribution in [0.4, 0.5) is 0 Å². The molecule has 1 amide bonds. The summed E-state index contributed by atoms with van der Waals surface area (Å²) < 4.78 is 48.6. The van der Waals surface area contributed by atoms with E-state index in [1.807, 2.05) is 0 Å². The number of nitrogens with two attached hydrogens (primary N) is 1. The number of carbonyl (C=O) groups is 1. The van der Waals surface area contributed by atoms with E-state index in [1.165, 1.54) is 18.0 Å². The van der Waals surface area contributed by atoms with Gasteiger partial charge in [-0.2, -0.15) is 4.31 Å². The quantitative estimate of drug-likeness (QED) is 0.168. The second-order valence-electron chi connectivity index (χ2n) is 8.24. The molecule has 0 spiro atoms. The molecule has 0 bridgehead atoms. The molecule has 0 aromatic rings. The number of hydrogen-bond acceptors (Lipinski definition) is 13. The second-order valence-corrected chi connectivity index (χ2v) is 11.2. The van der Waals surface area contributed by atoms with Gasteiger partial charge >= 0.3 is 15.6 Å². The minimum absolute atomic E-state index is 0.0199. The summed E-state index contributed by atoms with van der Waals surface area (Å²) in [6.45, 7) is 5.89. The minimum atomic E-state index is -5.36. The number of rotatable bonds is 8. The summed E-state index contributed by atoms with van der Waals surface area (Å²) in [7, 11) is -10.6. The Morgan fingerprint density at radius 2 is 1.89 bits per heavy atom. The largest absolute Gasteiger partial charge is 0.483 e. The number of aliphatic hydroxyl groups excluding tert-OH is 3. The van der Waals surface area contributed by atoms with E-state index in [9.17, 15) is 39.0 Å². The van der Waals surface area contributed by atoms with E-state index in [0.29, 0.717) is 5.57 Å². The Kier molecular flexibility index (Phi) is 8.61. The van der Waals surface area contributed by atoms with Gasteiger partial charge in [0.25, 0.3) is 5.91 Å². The van der Waals surface area contributed by atoms with Crippen LogP contribution in [0, 0.1) is 0 Å². The van der Waals surface area contributed by atoms with Crippen LogP contribution in [0.15, 0.2) is 24.2 Å². The average Bonchev–Trinajstić information content (AvgIpc) is 3.11. The first kappa shape index (κ1) is 28.3. The molecule has 3 heterocycles. The molecule has 2 fully saturated rings. The number of carbonyl (C=O) groups excluding carboxylic acids is 1. The molecule has 35 heavy (non-hydrogen) atoms. The first-order valence-electron chi connectivity index (χ1n) is 10.4. The molecule has 18 heteroatoms. The number of amides is 1. The molecule has 3 aliphatic heterocycles. The molecule has 2 saturated heterocycles. The highest BCUT2D eigenvalue weighted by Crippen LogP contribution is 2.61. The molecule has 5 unspecified atom stereocenters. The SMILES string of the molecule is C=C1NC(=O)C(C)=CN1[C@H]1CC(O)[C@@H](COP(=O)(O)OP(=O)(O)O[C@H]2OC(C)[C@@H](O)[C@H](N)C2O)O1. The summed E-state index contributed by atoms with van der Waals surface area (Å²) in [4.78, 5) is 32.9. The van der Waals surface area contributed by atoms with E-state index in [2.05, 4.69) is 20.7 Å². The van der Waals surface area contributed by atoms with Crippen molar-refractivity contribution in [3.8, 4) is 0 Å². The van der Waals surface area contributed by atoms with Crippen molar-refractivity contribution in [1.29, 1.82) is 0 Å². The summed E-state index contributed by atoms with van der Waals surface area (Å²) in [6, 6.07) is -1.29. The van der Waals surface area contributed by atoms with Gasteiger partial charge in [-0.15, -0.1) is 0 Å². The molecule has 10 atom stereocenters. The van der Waals surface area contributed by atoms with Gasteiger partial charge in [-0.05, 0) is 13.8 Å². The molecule has 0 saturated carbocycles. The summed E-state index contributed by atoms with van der Waals surface area (Å²) in [6.07, 6.45) is -7.52. The van der Waals surface area contributed by atoms with Gasteiger partial charge in [-0.25, -0.2) is 9.13 Å². The summed E-state index contributed by atoms with van der Waals surface area (Å²) in [5.41, 5.74) is 5.96. The number of ether oxygens (including phenoxy) is 2. The van der Waals surface area contributed by atoms with E-state index < -0.39 is 71.3 Å². The number of phosphoric acid groups is 2. The average molecular weight is 545 g/mol. The van der Waals surface area contributed by atoms with Crippen molar-refractivity contribution in [2.24, 2.45) is 5.73 Å². The van der Waals surface area contributed by atoms with Crippen molar-refractivity contribution in [1.82, 2.24) is 10.2 Å². The van der Waals surface area contributed by atoms with E-state index in [0.717, 1.165) is 0 Å². The Bertz CT molecular complexity index is 964. The molecular formula is C17H29N3O13P2. The lowest BCUT2D eigenvalue weighted by Gasteiger charge is -2.39. The third-order valence-electron chi connectivity index (χ3n) is 5.52. The van der Waals surface area contributed by atoms with Crippen LogP contribution >= 0.6 is 15.6 Å². The van der Waals surface area contributed by atoms with Crippen LogP contribution in [0.3, 0.4) is 0 Å². The fraction of sp³-hybridized carbons (Fsp3) is 0.706. The molecule has 0 radical (unpaired) electrons. The Morgan fingerprint density at radius 1 is 1.23 bits per heavy atom. The molecule has 3 rings (SSSR count). The van der Waals surface area contributed by atoms with Gasteiger partial charge in [0.2, 0.25) is 0 Å². The molecule has 0 aliphatic carbocycles. The lowest BCUT2D eigenvalue weighted by Crippen LogP contribution is -2.60. The van der Waals surface area contributed by atoms with Gasteiger partial charge < -0.3 is 50.5 Å². The van der Waals surface area contributed by atoms with Crippen molar-refractivity contribution in [2.45, 2.75) is 69.3 Å². The van der Waals surface area contributed by atoms with Crippen molar-refractivity contribution in [3.63, 3.8) is 0 Å². The van der Waals surface area contributed by atoms with Gasteiger partial charge in [0, 0.05) is 18.2 Å². The standard InChI is InChI=1S/C17H29N3O13P2/c1-7-5-20(9(3)19-16(7)24)12-4-10(21)11(31-12)6-29-34(25,26)33-35(27,28)32-17-15(23)13(18)14(22)8(2)30-17/h5,8,10-15,17,21-23H,3-4,6,18H2,1-2H3,(H,19,24)(H,25,26)(H,27,28)/t8?,10?,11-,12-,13+,14-,15?,17-/m1/s1. The van der Waals surface area contributed by atoms with Crippen molar-refractivity contribution < 1.29 is 61.9 Å². The Morgan fingerprint density at radius 3 is 2.54 bits per heavy atom. The Hall–Kier alpha value is -1.23. The third-order valence-corrected chi connectivity index (χ3v) is 8.12. The fourth-order valence-corrected chi connectivity index (χ4v) is 5.72. The second kappa shape index (κ2) is 10.6. The van der Waals surface area contributed by atoms with E-state index >= 15 is 0 Å². The predicted octanol–water partition coefficient (Wildman–Crippen LogP) is -1.69. The van der Waals surface area contributed by atoms with Crippen LogP contribution in [0.1, 0.15) is 20.3 Å². The monoisotopic (exact) mass is 545 g/mol. The Labute approximate surface area is 200 Å². The molecule has 3 aliphatic rings. The lowest BCUT2D eigenvalue weighted by molar-refractivity contribution is -0.240. The van der Waals surface area contributed by atoms with Crippen LogP contribution in [-0.4, -0.2) is 91.6 Å². The summed E-state index contributed by atoms with van der Waals surface area (Å²) in [5, 5.41) is 32.5. The fourth-order valence-electron chi connectivity index (χ4n) is 3.56. The number of aliphatic hydroxyl groups is 3. The topological polar surface area (TPSA) is 240 Å². The Balaban J connectivity index is 1.55. The predicted molar refractivity (Wildman–Crippen MR) is 114 cm³/mol. The zero-order valence-corrected chi connectivity index (χ0v) is 20.5. The summed E-state index contributed by atoms with van der Waals surface area (Å²) >= 11 is 0. The highest BCUT2D eigenvalue weighted by Gasteiger charge is 2.47. The highest BCUT2D eigenvalue weighted by atomic mass is 31.3. The van der Waals surface area contributed by atoms with Crippen LogP contribution in [0.5, 0.6) is 0 Å². The third kappa shape index (κ3) is 6.76. The number of nitrogens with one attached hydrogen (secondary N) is 1. The highest BCUT2D eigenvalue weighted by molar-refractivity contribution is 7.61. The van der Waals surface area contributed by atoms with Gasteiger partial charge in [0.15, 0.2) is 6.29 Å². The van der Waals surface area contributed by atoms with E-state index in [-0.39, 0.29) is 18.1 Å². The van der Waals surface area contributed by atoms with Gasteiger partial charge in [-0.3, -0.25) is 13.8 Å². The van der Waals surface area contributed by atoms with Crippen LogP contribution in [0.2, 0.25) is 0 Å². The molecule has 200 valence electrons. The van der Waals surface area contributed by atoms with E-state index in [4.69, 9.17) is 19.7 Å². The zero-order chi connectivity index (χ0) is 26.3. The lowest BCUT2D eigenvalue weighted by atomic mass is 9.98. The number of phosphoric ester groups is 2. The summed E-state index contributed by atoms with van der Waals surface area (Å²) in [5.74, 6) is -0.153. The van der Waals surface area contributed by atoms with Gasteiger partial charge in [0.05, 0.1) is 31.0 Å². The first-order valence-corrected chi connectivity index (χ1v) is 13.4. The van der Waals surface area contributed by atoms with Gasteiger partial charge in [-0.1, -0.05) is 6.58 Å². The van der Waals surface area contributed by atoms with Crippen molar-refractivity contribution in [3.05, 3.63) is 24.2 Å². The maximum absolute atomic E-state index is 12.2. The van der Waals surface area contributed by atoms with E-state index in [1.54, 1.807) is 6.92 Å². The first-order chi connectivity index (χ1) is 16.1. The molecule has 0 aromatic carbocycles. The van der Waals surface area contributed by atoms with Crippen molar-refractivity contribution >= 4 is 21.6 Å². The number of nitrogens with zero attached hydrogens (tertiary/aromatic N) is 1. The maximum atomic E-state index is 12.2. The zero-order valence-electron chi connectivity index (χ0n) is 18.7. The number of hydrogen-bond donors (Lipinski definition) is 7. The molecule has 8 N–H and O–H groups in total. The minimum Gasteiger partial charge on any atom is -0.390 e. The molecule has 0 aromatic heterocycles. The van der Waals surface area contributed by atoms with Gasteiger partial charge in [0.1, 0.15) is 24.3 Å².